The molecule has 1 heterocycles. The second kappa shape index (κ2) is 5.47. The molecule has 0 aliphatic heterocycles. The van der Waals surface area contributed by atoms with E-state index in [1.807, 2.05) is 28.8 Å². The van der Waals surface area contributed by atoms with E-state index in [0.717, 1.165) is 30.8 Å². The molecular formula is C15H13Br2FN2. The van der Waals surface area contributed by atoms with Crippen LogP contribution in [0.25, 0.3) is 21.8 Å². The maximum Gasteiger partial charge on any atom is 0.130 e. The van der Waals surface area contributed by atoms with Crippen LogP contribution in [0.3, 0.4) is 0 Å². The van der Waals surface area contributed by atoms with Crippen molar-refractivity contribution in [2.75, 3.05) is 6.54 Å². The Labute approximate surface area is 133 Å². The molecule has 1 unspecified atom stereocenters. The summed E-state index contributed by atoms with van der Waals surface area (Å²) >= 11 is 6.99. The topological polar surface area (TPSA) is 30.9 Å². The summed E-state index contributed by atoms with van der Waals surface area (Å²) in [6, 6.07) is 12.1. The van der Waals surface area contributed by atoms with E-state index in [9.17, 15) is 4.39 Å². The molecule has 3 aromatic rings. The summed E-state index contributed by atoms with van der Waals surface area (Å²) in [6.45, 7) is 0.313. The van der Waals surface area contributed by atoms with Crippen molar-refractivity contribution in [2.24, 2.45) is 5.73 Å². The lowest BCUT2D eigenvalue weighted by molar-refractivity contribution is 0.309. The molecule has 1 atom stereocenters. The van der Waals surface area contributed by atoms with Crippen LogP contribution in [0, 0.1) is 0 Å². The van der Waals surface area contributed by atoms with Gasteiger partial charge >= 0.3 is 0 Å². The van der Waals surface area contributed by atoms with Crippen LogP contribution < -0.4 is 5.73 Å². The predicted molar refractivity (Wildman–Crippen MR) is 88.8 cm³/mol. The molecule has 2 nitrogen and oxygen atoms in total. The number of nitrogens with zero attached hydrogens (tertiary/aromatic N) is 1. The second-order valence-corrected chi connectivity index (χ2v) is 6.60. The Morgan fingerprint density at radius 3 is 1.95 bits per heavy atom. The Hall–Kier alpha value is -0.910. The van der Waals surface area contributed by atoms with Gasteiger partial charge in [0, 0.05) is 37.3 Å². The monoisotopic (exact) mass is 398 g/mol. The average Bonchev–Trinajstić information content (AvgIpc) is 2.72. The summed E-state index contributed by atoms with van der Waals surface area (Å²) in [6.07, 6.45) is -1.04. The number of halogens is 3. The smallest absolute Gasteiger partial charge is 0.130 e. The van der Waals surface area contributed by atoms with Gasteiger partial charge in [-0.2, -0.15) is 0 Å². The van der Waals surface area contributed by atoms with Gasteiger partial charge < -0.3 is 10.3 Å². The SMILES string of the molecule is NCC(F)Cn1c2ccc(Br)cc2c2cc(Br)ccc21. The highest BCUT2D eigenvalue weighted by Gasteiger charge is 2.14. The Morgan fingerprint density at radius 2 is 1.50 bits per heavy atom. The minimum Gasteiger partial charge on any atom is -0.337 e. The molecule has 0 amide bonds. The molecule has 0 aliphatic carbocycles. The van der Waals surface area contributed by atoms with E-state index in [2.05, 4.69) is 44.0 Å². The molecule has 0 spiro atoms. The first kappa shape index (κ1) is 14.0. The van der Waals surface area contributed by atoms with Crippen LogP contribution in [0.5, 0.6) is 0 Å². The summed E-state index contributed by atoms with van der Waals surface area (Å²) in [5.41, 5.74) is 7.47. The summed E-state index contributed by atoms with van der Waals surface area (Å²) in [5, 5.41) is 2.22. The van der Waals surface area contributed by atoms with Crippen molar-refractivity contribution in [3.63, 3.8) is 0 Å². The van der Waals surface area contributed by atoms with E-state index < -0.39 is 6.17 Å². The quantitative estimate of drug-likeness (QED) is 0.684. The number of benzene rings is 2. The summed E-state index contributed by atoms with van der Waals surface area (Å²) in [5.74, 6) is 0. The maximum atomic E-state index is 13.7. The third kappa shape index (κ3) is 2.38. The number of nitrogens with two attached hydrogens (primary N) is 1. The van der Waals surface area contributed by atoms with Crippen molar-refractivity contribution < 1.29 is 4.39 Å². The van der Waals surface area contributed by atoms with Crippen molar-refractivity contribution in [1.29, 1.82) is 0 Å². The van der Waals surface area contributed by atoms with Crippen LogP contribution in [0.4, 0.5) is 4.39 Å². The summed E-state index contributed by atoms with van der Waals surface area (Å²) < 4.78 is 17.8. The maximum absolute atomic E-state index is 13.7. The van der Waals surface area contributed by atoms with Crippen molar-refractivity contribution in [3.05, 3.63) is 45.3 Å². The largest absolute Gasteiger partial charge is 0.337 e. The predicted octanol–water partition coefficient (Wildman–Crippen LogP) is 4.62. The number of aromatic nitrogens is 1. The fourth-order valence-electron chi connectivity index (χ4n) is 2.52. The highest BCUT2D eigenvalue weighted by molar-refractivity contribution is 9.10. The van der Waals surface area contributed by atoms with Crippen LogP contribution >= 0.6 is 31.9 Å². The molecule has 5 heteroatoms. The molecule has 1 aromatic heterocycles. The minimum atomic E-state index is -1.04. The van der Waals surface area contributed by atoms with Gasteiger partial charge in [0.15, 0.2) is 0 Å². The zero-order valence-electron chi connectivity index (χ0n) is 10.6. The molecule has 20 heavy (non-hydrogen) atoms. The first-order chi connectivity index (χ1) is 9.60. The molecular weight excluding hydrogens is 387 g/mol. The third-order valence-electron chi connectivity index (χ3n) is 3.43. The molecule has 0 saturated heterocycles. The number of rotatable bonds is 3. The average molecular weight is 400 g/mol. The molecule has 0 bridgehead atoms. The fraction of sp³-hybridized carbons (Fsp3) is 0.200. The van der Waals surface area contributed by atoms with Crippen molar-refractivity contribution in [3.8, 4) is 0 Å². The van der Waals surface area contributed by atoms with E-state index in [-0.39, 0.29) is 13.1 Å². The molecule has 2 N–H and O–H groups in total. The van der Waals surface area contributed by atoms with E-state index in [1.54, 1.807) is 0 Å². The van der Waals surface area contributed by atoms with Crippen LogP contribution in [0.15, 0.2) is 45.3 Å². The molecule has 0 aliphatic rings. The lowest BCUT2D eigenvalue weighted by Crippen LogP contribution is -2.21. The highest BCUT2D eigenvalue weighted by Crippen LogP contribution is 2.33. The standard InChI is InChI=1S/C15H13Br2FN2/c16-9-1-3-14-12(5-9)13-6-10(17)2-4-15(13)20(14)8-11(18)7-19/h1-6,11H,7-8,19H2. The third-order valence-corrected chi connectivity index (χ3v) is 4.41. The lowest BCUT2D eigenvalue weighted by Gasteiger charge is -2.10. The van der Waals surface area contributed by atoms with Crippen LogP contribution in [-0.2, 0) is 6.54 Å². The van der Waals surface area contributed by atoms with Gasteiger partial charge in [0.2, 0.25) is 0 Å². The molecule has 0 fully saturated rings. The van der Waals surface area contributed by atoms with Crippen molar-refractivity contribution >= 4 is 53.7 Å². The van der Waals surface area contributed by atoms with Gasteiger partial charge in [0.05, 0.1) is 6.54 Å². The fourth-order valence-corrected chi connectivity index (χ4v) is 3.24. The Balaban J connectivity index is 2.34. The summed E-state index contributed by atoms with van der Waals surface area (Å²) in [4.78, 5) is 0. The first-order valence-corrected chi connectivity index (χ1v) is 7.90. The molecule has 104 valence electrons. The molecule has 3 rings (SSSR count). The van der Waals surface area contributed by atoms with Crippen molar-refractivity contribution in [2.45, 2.75) is 12.7 Å². The van der Waals surface area contributed by atoms with Gasteiger partial charge in [0.25, 0.3) is 0 Å². The summed E-state index contributed by atoms with van der Waals surface area (Å²) in [7, 11) is 0. The Kier molecular flexibility index (Phi) is 3.84. The van der Waals surface area contributed by atoms with Gasteiger partial charge in [-0.1, -0.05) is 31.9 Å². The zero-order chi connectivity index (χ0) is 14.3. The van der Waals surface area contributed by atoms with E-state index in [0.29, 0.717) is 0 Å². The Morgan fingerprint density at radius 1 is 1.00 bits per heavy atom. The lowest BCUT2D eigenvalue weighted by atomic mass is 10.2. The Bertz CT molecular complexity index is 723. The van der Waals surface area contributed by atoms with Gasteiger partial charge in [-0.3, -0.25) is 0 Å². The normalized spacial score (nSPS) is 13.2. The van der Waals surface area contributed by atoms with E-state index in [1.165, 1.54) is 0 Å². The zero-order valence-corrected chi connectivity index (χ0v) is 13.8. The molecule has 0 saturated carbocycles. The van der Waals surface area contributed by atoms with Crippen LogP contribution in [0.1, 0.15) is 0 Å². The minimum absolute atomic E-state index is 0.0359. The number of hydrogen-bond acceptors (Lipinski definition) is 1. The second-order valence-electron chi connectivity index (χ2n) is 4.77. The van der Waals surface area contributed by atoms with Gasteiger partial charge in [-0.15, -0.1) is 0 Å². The first-order valence-electron chi connectivity index (χ1n) is 6.31. The van der Waals surface area contributed by atoms with Crippen molar-refractivity contribution in [1.82, 2.24) is 4.57 Å². The molecule has 0 radical (unpaired) electrons. The van der Waals surface area contributed by atoms with Crippen LogP contribution in [-0.4, -0.2) is 17.3 Å². The van der Waals surface area contributed by atoms with Crippen LogP contribution in [0.2, 0.25) is 0 Å². The number of fused-ring (bicyclic) bond motifs is 3. The highest BCUT2D eigenvalue weighted by atomic mass is 79.9. The van der Waals surface area contributed by atoms with Gasteiger partial charge in [-0.25, -0.2) is 4.39 Å². The van der Waals surface area contributed by atoms with Gasteiger partial charge in [-0.05, 0) is 36.4 Å². The van der Waals surface area contributed by atoms with E-state index in [4.69, 9.17) is 5.73 Å². The molecule has 2 aromatic carbocycles. The number of hydrogen-bond donors (Lipinski definition) is 1. The van der Waals surface area contributed by atoms with E-state index >= 15 is 0 Å². The number of alkyl halides is 1. The van der Waals surface area contributed by atoms with Gasteiger partial charge in [0.1, 0.15) is 6.17 Å².